The molecule has 424 valence electrons. The summed E-state index contributed by atoms with van der Waals surface area (Å²) < 4.78 is 25.4. The molecule has 3 heterocycles. The van der Waals surface area contributed by atoms with Crippen LogP contribution in [0.15, 0.2) is 104 Å². The molecule has 5 N–H and O–H groups in total. The van der Waals surface area contributed by atoms with Gasteiger partial charge in [-0.15, -0.1) is 6.58 Å². The van der Waals surface area contributed by atoms with Gasteiger partial charge in [0.2, 0.25) is 11.7 Å². The molecular formula is C53H64N8O18. The average Bonchev–Trinajstić information content (AvgIpc) is 4.13. The molecule has 3 aromatic carbocycles. The Kier molecular flexibility index (Phi) is 23.9. The highest BCUT2D eigenvalue weighted by Crippen LogP contribution is 2.21. The molecule has 0 aliphatic carbocycles. The number of esters is 2. The molecule has 0 spiro atoms. The lowest BCUT2D eigenvalue weighted by molar-refractivity contribution is -0.159. The van der Waals surface area contributed by atoms with Gasteiger partial charge in [-0.3, -0.25) is 19.2 Å². The molecule has 3 aliphatic heterocycles. The van der Waals surface area contributed by atoms with Crippen LogP contribution in [0.25, 0.3) is 0 Å². The normalized spacial score (nSPS) is 16.7. The van der Waals surface area contributed by atoms with Gasteiger partial charge in [-0.1, -0.05) is 110 Å². The molecule has 0 bridgehead atoms. The molecule has 26 heteroatoms. The lowest BCUT2D eigenvalue weighted by Gasteiger charge is -2.25. The Morgan fingerprint density at radius 2 is 1.14 bits per heavy atom. The monoisotopic (exact) mass is 1100 g/mol. The van der Waals surface area contributed by atoms with E-state index in [-0.39, 0.29) is 59.0 Å². The van der Waals surface area contributed by atoms with Crippen LogP contribution in [-0.4, -0.2) is 166 Å². The Morgan fingerprint density at radius 3 is 1.57 bits per heavy atom. The van der Waals surface area contributed by atoms with E-state index in [0.29, 0.717) is 21.8 Å². The van der Waals surface area contributed by atoms with Gasteiger partial charge in [0.1, 0.15) is 38.0 Å². The zero-order valence-electron chi connectivity index (χ0n) is 44.2. The molecule has 79 heavy (non-hydrogen) atoms. The number of ketones is 1. The second-order valence-electron chi connectivity index (χ2n) is 18.2. The molecule has 3 aromatic rings. The number of aliphatic carboxylic acids is 1. The number of rotatable bonds is 19. The van der Waals surface area contributed by atoms with Crippen LogP contribution in [-0.2, 0) is 72.3 Å². The molecule has 26 nitrogen and oxygen atoms in total. The first-order valence-electron chi connectivity index (χ1n) is 24.8. The van der Waals surface area contributed by atoms with E-state index in [9.17, 15) is 57.5 Å². The third-order valence-electron chi connectivity index (χ3n) is 11.1. The van der Waals surface area contributed by atoms with E-state index >= 15 is 0 Å². The van der Waals surface area contributed by atoms with Gasteiger partial charge < -0.3 is 55.0 Å². The summed E-state index contributed by atoms with van der Waals surface area (Å²) in [7, 11) is 0. The number of carbonyl (C=O) groups is 12. The Hall–Kier alpha value is -9.36. The lowest BCUT2D eigenvalue weighted by atomic mass is 10.1. The predicted octanol–water partition coefficient (Wildman–Crippen LogP) is 4.01. The molecule has 0 radical (unpaired) electrons. The van der Waals surface area contributed by atoms with Crippen LogP contribution in [0.1, 0.15) is 64.2 Å². The number of carboxylic acid groups (broad SMARTS) is 1. The molecule has 1 unspecified atom stereocenters. The largest absolute Gasteiger partial charge is 0.480 e. The second kappa shape index (κ2) is 30.4. The Morgan fingerprint density at radius 1 is 0.684 bits per heavy atom. The van der Waals surface area contributed by atoms with Gasteiger partial charge in [-0.2, -0.15) is 0 Å². The van der Waals surface area contributed by atoms with Crippen molar-refractivity contribution in [3.8, 4) is 0 Å². The second-order valence-corrected chi connectivity index (χ2v) is 18.2. The van der Waals surface area contributed by atoms with Crippen LogP contribution in [0.3, 0.4) is 0 Å². The average molecular weight is 1100 g/mol. The van der Waals surface area contributed by atoms with Crippen molar-refractivity contribution in [1.29, 1.82) is 0 Å². The van der Waals surface area contributed by atoms with Gasteiger partial charge >= 0.3 is 54.3 Å². The Balaban J connectivity index is 0.000000273. The van der Waals surface area contributed by atoms with Gasteiger partial charge in [0.05, 0.1) is 32.3 Å². The minimum Gasteiger partial charge on any atom is -0.480 e. The number of nitrogens with one attached hydrogen (secondary N) is 4. The van der Waals surface area contributed by atoms with E-state index < -0.39 is 108 Å². The topological polar surface area (TPSA) is 332 Å². The molecule has 4 atom stereocenters. The fourth-order valence-corrected chi connectivity index (χ4v) is 7.34. The molecule has 11 amide bonds. The van der Waals surface area contributed by atoms with E-state index in [0.717, 1.165) is 20.9 Å². The third kappa shape index (κ3) is 19.0. The van der Waals surface area contributed by atoms with Crippen LogP contribution in [0.2, 0.25) is 0 Å². The number of hydrogen-bond acceptors (Lipinski definition) is 17. The number of urea groups is 3. The summed E-state index contributed by atoms with van der Waals surface area (Å²) in [6, 6.07) is 19.5. The fraction of sp³-hybridized carbons (Fsp3) is 0.396. The maximum Gasteiger partial charge on any atom is 0.419 e. The Labute approximate surface area is 454 Å². The van der Waals surface area contributed by atoms with Crippen LogP contribution >= 0.6 is 0 Å². The first-order chi connectivity index (χ1) is 37.6. The maximum atomic E-state index is 13.2. The maximum absolute atomic E-state index is 13.2. The van der Waals surface area contributed by atoms with Crippen molar-refractivity contribution in [2.75, 3.05) is 39.3 Å². The van der Waals surface area contributed by atoms with Crippen molar-refractivity contribution in [3.63, 3.8) is 0 Å². The lowest BCUT2D eigenvalue weighted by Crippen LogP contribution is -2.54. The number of ether oxygens (including phenoxy) is 5. The summed E-state index contributed by atoms with van der Waals surface area (Å²) in [5.74, 6) is -5.23. The van der Waals surface area contributed by atoms with Crippen LogP contribution < -0.4 is 21.3 Å². The Bertz CT molecular complexity index is 2670. The van der Waals surface area contributed by atoms with Crippen LogP contribution in [0, 0.1) is 0 Å². The standard InChI is InChI=1S/C25H32N4O8.C16H20N2O5.C12H12N2O5/c1-4-10-18(21(31)23(33)26-13-5-2)27-22(32)19-14-28(15-20(30)36-6-3)24(34)29(19)25(35)37-16-17-11-8-7-9-12-17;1-16(2,3)23-13(19)12-9-17-14(20)18(12)15(21)22-10-11-7-5-4-6-8-11;15-10(16)9-6-13-11(17)14(9)12(18)19-7-8-4-2-1-3-5-8/h5,7-9,11-12,18-19H,2,4,6,10,13-16H2,1,3H3,(H,26,33)(H,27,32);4-8,12H,9-10H2,1-3H3,(H,17,20);1-5,9H,6-7H2,(H,13,17)(H,15,16)/t18?,19-;12-;9-/m000/s1. The first kappa shape index (κ1) is 62.2. The van der Waals surface area contributed by atoms with Crippen molar-refractivity contribution < 1.29 is 86.3 Å². The number of carboxylic acids is 1. The summed E-state index contributed by atoms with van der Waals surface area (Å²) in [5, 5.41) is 18.5. The highest BCUT2D eigenvalue weighted by molar-refractivity contribution is 6.38. The van der Waals surface area contributed by atoms with E-state index in [1.165, 1.54) is 6.08 Å². The molecule has 3 fully saturated rings. The number of carbonyl (C=O) groups excluding carboxylic acids is 11. The van der Waals surface area contributed by atoms with Crippen molar-refractivity contribution in [2.24, 2.45) is 0 Å². The van der Waals surface area contributed by atoms with E-state index in [1.54, 1.807) is 101 Å². The third-order valence-corrected chi connectivity index (χ3v) is 11.1. The number of hydrogen-bond donors (Lipinski definition) is 5. The number of amides is 11. The van der Waals surface area contributed by atoms with Gasteiger partial charge in [-0.25, -0.2) is 53.1 Å². The molecule has 6 rings (SSSR count). The molecule has 3 aliphatic rings. The molecule has 3 saturated heterocycles. The molecule has 0 saturated carbocycles. The van der Waals surface area contributed by atoms with Crippen LogP contribution in [0.5, 0.6) is 0 Å². The number of imide groups is 3. The summed E-state index contributed by atoms with van der Waals surface area (Å²) in [4.78, 5) is 149. The zero-order valence-corrected chi connectivity index (χ0v) is 44.2. The van der Waals surface area contributed by atoms with Gasteiger partial charge in [0, 0.05) is 6.54 Å². The highest BCUT2D eigenvalue weighted by atomic mass is 16.6. The van der Waals surface area contributed by atoms with Crippen molar-refractivity contribution in [1.82, 2.24) is 40.9 Å². The predicted molar refractivity (Wildman–Crippen MR) is 276 cm³/mol. The zero-order chi connectivity index (χ0) is 58.2. The summed E-state index contributed by atoms with van der Waals surface area (Å²) in [6.07, 6.45) is -0.918. The van der Waals surface area contributed by atoms with E-state index in [2.05, 4.69) is 27.8 Å². The van der Waals surface area contributed by atoms with Gasteiger partial charge in [0.25, 0.3) is 5.91 Å². The van der Waals surface area contributed by atoms with Crippen molar-refractivity contribution >= 4 is 71.9 Å². The van der Waals surface area contributed by atoms with Gasteiger partial charge in [0.15, 0.2) is 12.1 Å². The van der Waals surface area contributed by atoms with E-state index in [4.69, 9.17) is 28.8 Å². The number of Topliss-reactive ketones (excluding diaryl/α,β-unsaturated/α-hetero) is 1. The highest BCUT2D eigenvalue weighted by Gasteiger charge is 2.48. The fourth-order valence-electron chi connectivity index (χ4n) is 7.34. The van der Waals surface area contributed by atoms with E-state index in [1.807, 2.05) is 24.3 Å². The summed E-state index contributed by atoms with van der Waals surface area (Å²) in [5.41, 5.74) is 1.49. The smallest absolute Gasteiger partial charge is 0.419 e. The van der Waals surface area contributed by atoms with Gasteiger partial charge in [-0.05, 0) is 50.8 Å². The molecular weight excluding hydrogens is 1040 g/mol. The quantitative estimate of drug-likeness (QED) is 0.0490. The number of nitrogens with zero attached hydrogens (tertiary/aromatic N) is 4. The number of benzene rings is 3. The minimum absolute atomic E-state index is 0.00812. The minimum atomic E-state index is -1.41. The van der Waals surface area contributed by atoms with Crippen molar-refractivity contribution in [3.05, 3.63) is 120 Å². The summed E-state index contributed by atoms with van der Waals surface area (Å²) in [6.45, 7) is 11.0. The van der Waals surface area contributed by atoms with Crippen LogP contribution in [0.4, 0.5) is 28.8 Å². The first-order valence-corrected chi connectivity index (χ1v) is 24.8. The SMILES string of the molecule is C=CCNC(=O)C(=O)C(CCC)NC(=O)[C@@H]1CN(CC(=O)OCC)C(=O)N1C(=O)OCc1ccccc1.CC(C)(C)OC(=O)[C@@H]1CNC(=O)N1C(=O)OCc1ccccc1.O=C(O)[C@@H]1CNC(=O)N1C(=O)OCc1ccccc1. The molecule has 0 aromatic heterocycles. The van der Waals surface area contributed by atoms with Crippen molar-refractivity contribution in [2.45, 2.75) is 97.0 Å². The summed E-state index contributed by atoms with van der Waals surface area (Å²) >= 11 is 0.